The van der Waals surface area contributed by atoms with Crippen LogP contribution >= 0.6 is 22.9 Å². The van der Waals surface area contributed by atoms with Gasteiger partial charge in [-0.05, 0) is 29.8 Å². The molecule has 0 aliphatic carbocycles. The van der Waals surface area contributed by atoms with Gasteiger partial charge in [0.05, 0.1) is 13.2 Å². The van der Waals surface area contributed by atoms with Crippen LogP contribution in [0.3, 0.4) is 0 Å². The van der Waals surface area contributed by atoms with Crippen molar-refractivity contribution >= 4 is 29.2 Å². The van der Waals surface area contributed by atoms with Crippen LogP contribution in [0, 0.1) is 0 Å². The number of rotatable bonds is 4. The number of thiophene rings is 1. The SMILES string of the molecule is O=C[C@@H](c1ccc(-c2ccc(Cl)cc2)s1)N1CCOCC1. The van der Waals surface area contributed by atoms with Crippen molar-refractivity contribution in [3.8, 4) is 10.4 Å². The summed E-state index contributed by atoms with van der Waals surface area (Å²) < 4.78 is 5.35. The molecule has 0 amide bonds. The Morgan fingerprint density at radius 3 is 2.52 bits per heavy atom. The molecule has 5 heteroatoms. The molecule has 1 aliphatic rings. The van der Waals surface area contributed by atoms with Crippen molar-refractivity contribution < 1.29 is 9.53 Å². The predicted octanol–water partition coefficient (Wildman–Crippen LogP) is 3.64. The number of morpholine rings is 1. The van der Waals surface area contributed by atoms with Crippen molar-refractivity contribution in [2.24, 2.45) is 0 Å². The van der Waals surface area contributed by atoms with E-state index in [-0.39, 0.29) is 6.04 Å². The first-order valence-electron chi connectivity index (χ1n) is 6.90. The van der Waals surface area contributed by atoms with Crippen molar-refractivity contribution in [3.05, 3.63) is 46.3 Å². The number of hydrogen-bond donors (Lipinski definition) is 0. The van der Waals surface area contributed by atoms with Gasteiger partial charge in [0.25, 0.3) is 0 Å². The number of carbonyl (C=O) groups is 1. The lowest BCUT2D eigenvalue weighted by Gasteiger charge is -2.30. The first-order valence-corrected chi connectivity index (χ1v) is 8.10. The maximum absolute atomic E-state index is 11.5. The monoisotopic (exact) mass is 321 g/mol. The molecule has 2 heterocycles. The maximum atomic E-state index is 11.5. The molecule has 3 nitrogen and oxygen atoms in total. The molecule has 110 valence electrons. The van der Waals surface area contributed by atoms with Crippen LogP contribution in [0.2, 0.25) is 5.02 Å². The molecule has 0 spiro atoms. The predicted molar refractivity (Wildman–Crippen MR) is 86.0 cm³/mol. The number of aldehydes is 1. The van der Waals surface area contributed by atoms with Crippen LogP contribution in [-0.2, 0) is 9.53 Å². The molecular formula is C16H16ClNO2S. The van der Waals surface area contributed by atoms with Crippen LogP contribution in [0.5, 0.6) is 0 Å². The molecule has 1 aromatic carbocycles. The highest BCUT2D eigenvalue weighted by Crippen LogP contribution is 2.33. The van der Waals surface area contributed by atoms with E-state index in [2.05, 4.69) is 11.0 Å². The molecule has 0 unspecified atom stereocenters. The second kappa shape index (κ2) is 6.71. The summed E-state index contributed by atoms with van der Waals surface area (Å²) in [4.78, 5) is 15.9. The minimum Gasteiger partial charge on any atom is -0.379 e. The summed E-state index contributed by atoms with van der Waals surface area (Å²) in [6.07, 6.45) is 1.03. The van der Waals surface area contributed by atoms with Crippen molar-refractivity contribution in [3.63, 3.8) is 0 Å². The molecule has 2 aromatic rings. The smallest absolute Gasteiger partial charge is 0.142 e. The van der Waals surface area contributed by atoms with Gasteiger partial charge in [0.2, 0.25) is 0 Å². The Bertz CT molecular complexity index is 605. The van der Waals surface area contributed by atoms with E-state index in [9.17, 15) is 4.79 Å². The lowest BCUT2D eigenvalue weighted by molar-refractivity contribution is -0.114. The molecule has 1 fully saturated rings. The van der Waals surface area contributed by atoms with Gasteiger partial charge in [-0.2, -0.15) is 0 Å². The molecule has 0 radical (unpaired) electrons. The van der Waals surface area contributed by atoms with Gasteiger partial charge in [-0.1, -0.05) is 23.7 Å². The molecule has 21 heavy (non-hydrogen) atoms. The topological polar surface area (TPSA) is 29.5 Å². The van der Waals surface area contributed by atoms with Gasteiger partial charge >= 0.3 is 0 Å². The van der Waals surface area contributed by atoms with Crippen LogP contribution in [-0.4, -0.2) is 37.5 Å². The van der Waals surface area contributed by atoms with E-state index in [0.29, 0.717) is 13.2 Å². The van der Waals surface area contributed by atoms with Crippen molar-refractivity contribution in [1.82, 2.24) is 4.90 Å². The Labute approximate surface area is 133 Å². The normalized spacial score (nSPS) is 17.6. The van der Waals surface area contributed by atoms with Crippen molar-refractivity contribution in [2.45, 2.75) is 6.04 Å². The summed E-state index contributed by atoms with van der Waals surface area (Å²) in [5.74, 6) is 0. The molecule has 3 rings (SSSR count). The Hall–Kier alpha value is -1.20. The Morgan fingerprint density at radius 2 is 1.86 bits per heavy atom. The number of benzene rings is 1. The number of halogens is 1. The zero-order chi connectivity index (χ0) is 14.7. The van der Waals surface area contributed by atoms with Gasteiger partial charge in [-0.25, -0.2) is 0 Å². The van der Waals surface area contributed by atoms with E-state index < -0.39 is 0 Å². The third-order valence-electron chi connectivity index (χ3n) is 3.61. The molecule has 1 aromatic heterocycles. The van der Waals surface area contributed by atoms with E-state index in [1.807, 2.05) is 30.3 Å². The van der Waals surface area contributed by atoms with E-state index in [1.165, 1.54) is 0 Å². The number of ether oxygens (including phenoxy) is 1. The second-order valence-corrected chi connectivity index (χ2v) is 6.49. The van der Waals surface area contributed by atoms with Crippen LogP contribution < -0.4 is 0 Å². The fraction of sp³-hybridized carbons (Fsp3) is 0.312. The number of carbonyl (C=O) groups excluding carboxylic acids is 1. The van der Waals surface area contributed by atoms with E-state index in [1.54, 1.807) is 11.3 Å². The van der Waals surface area contributed by atoms with Crippen molar-refractivity contribution in [1.29, 1.82) is 0 Å². The third-order valence-corrected chi connectivity index (χ3v) is 5.07. The standard InChI is InChI=1S/C16H16ClNO2S/c17-13-3-1-12(2-4-13)15-5-6-16(21-15)14(11-19)18-7-9-20-10-8-18/h1-6,11,14H,7-10H2/t14-/m0/s1. The fourth-order valence-electron chi connectivity index (χ4n) is 2.47. The molecule has 1 aliphatic heterocycles. The first kappa shape index (κ1) is 14.7. The zero-order valence-electron chi connectivity index (χ0n) is 11.5. The summed E-state index contributed by atoms with van der Waals surface area (Å²) in [6, 6.07) is 11.7. The van der Waals surface area contributed by atoms with E-state index in [0.717, 1.165) is 39.7 Å². The summed E-state index contributed by atoms with van der Waals surface area (Å²) in [5.41, 5.74) is 1.13. The van der Waals surface area contributed by atoms with Gasteiger partial charge < -0.3 is 9.53 Å². The van der Waals surface area contributed by atoms with Crippen LogP contribution in [0.4, 0.5) is 0 Å². The third kappa shape index (κ3) is 3.35. The minimum absolute atomic E-state index is 0.167. The quantitative estimate of drug-likeness (QED) is 0.805. The van der Waals surface area contributed by atoms with Crippen LogP contribution in [0.15, 0.2) is 36.4 Å². The van der Waals surface area contributed by atoms with Crippen LogP contribution in [0.25, 0.3) is 10.4 Å². The van der Waals surface area contributed by atoms with E-state index >= 15 is 0 Å². The van der Waals surface area contributed by atoms with Crippen LogP contribution in [0.1, 0.15) is 10.9 Å². The average molecular weight is 322 g/mol. The van der Waals surface area contributed by atoms with Gasteiger partial charge in [0.1, 0.15) is 12.3 Å². The second-order valence-electron chi connectivity index (χ2n) is 4.94. The van der Waals surface area contributed by atoms with Gasteiger partial charge in [-0.3, -0.25) is 4.90 Å². The lowest BCUT2D eigenvalue weighted by Crippen LogP contribution is -2.39. The highest BCUT2D eigenvalue weighted by molar-refractivity contribution is 7.15. The molecular weight excluding hydrogens is 306 g/mol. The lowest BCUT2D eigenvalue weighted by atomic mass is 10.2. The Balaban J connectivity index is 1.82. The molecule has 1 saturated heterocycles. The maximum Gasteiger partial charge on any atom is 0.142 e. The van der Waals surface area contributed by atoms with Gasteiger partial charge in [-0.15, -0.1) is 11.3 Å². The molecule has 0 bridgehead atoms. The molecule has 0 N–H and O–H groups in total. The number of hydrogen-bond acceptors (Lipinski definition) is 4. The molecule has 1 atom stereocenters. The highest BCUT2D eigenvalue weighted by Gasteiger charge is 2.23. The zero-order valence-corrected chi connectivity index (χ0v) is 13.1. The summed E-state index contributed by atoms with van der Waals surface area (Å²) in [7, 11) is 0. The largest absolute Gasteiger partial charge is 0.379 e. The first-order chi connectivity index (χ1) is 10.3. The molecule has 0 saturated carbocycles. The summed E-state index contributed by atoms with van der Waals surface area (Å²) in [6.45, 7) is 2.99. The van der Waals surface area contributed by atoms with E-state index in [4.69, 9.17) is 16.3 Å². The Kier molecular flexibility index (Phi) is 4.70. The minimum atomic E-state index is -0.167. The highest BCUT2D eigenvalue weighted by atomic mass is 35.5. The summed E-state index contributed by atoms with van der Waals surface area (Å²) in [5, 5.41) is 0.731. The number of nitrogens with zero attached hydrogens (tertiary/aromatic N) is 1. The van der Waals surface area contributed by atoms with Gasteiger partial charge in [0.15, 0.2) is 0 Å². The fourth-order valence-corrected chi connectivity index (χ4v) is 3.70. The average Bonchev–Trinajstić information content (AvgIpc) is 2.99. The summed E-state index contributed by atoms with van der Waals surface area (Å²) >= 11 is 7.58. The Morgan fingerprint density at radius 1 is 1.14 bits per heavy atom. The van der Waals surface area contributed by atoms with Crippen molar-refractivity contribution in [2.75, 3.05) is 26.3 Å². The van der Waals surface area contributed by atoms with Gasteiger partial charge in [0, 0.05) is 27.9 Å².